The van der Waals surface area contributed by atoms with E-state index in [0.29, 0.717) is 5.75 Å². The second-order valence-electron chi connectivity index (χ2n) is 4.02. The van der Waals surface area contributed by atoms with E-state index in [-0.39, 0.29) is 11.3 Å². The molecule has 4 N–H and O–H groups in total. The number of rotatable bonds is 6. The van der Waals surface area contributed by atoms with Gasteiger partial charge in [0.1, 0.15) is 12.3 Å². The molecule has 0 spiro atoms. The SMILES string of the molecule is COc1ccc(C(N)=O)cc1NCC(=O)NCC(F)(F)F. The highest BCUT2D eigenvalue weighted by Crippen LogP contribution is 2.25. The van der Waals surface area contributed by atoms with Crippen LogP contribution in [0, 0.1) is 0 Å². The molecule has 0 fully saturated rings. The lowest BCUT2D eigenvalue weighted by molar-refractivity contribution is -0.137. The molecule has 9 heteroatoms. The Bertz CT molecular complexity index is 532. The fraction of sp³-hybridized carbons (Fsp3) is 0.333. The van der Waals surface area contributed by atoms with Gasteiger partial charge in [-0.2, -0.15) is 13.2 Å². The largest absolute Gasteiger partial charge is 0.495 e. The van der Waals surface area contributed by atoms with E-state index < -0.39 is 31.1 Å². The van der Waals surface area contributed by atoms with Crippen molar-refractivity contribution in [2.24, 2.45) is 5.73 Å². The Kier molecular flexibility index (Phi) is 5.39. The number of anilines is 1. The number of carbonyl (C=O) groups is 2. The standard InChI is InChI=1S/C12H14F3N3O3/c1-21-9-3-2-7(11(16)20)4-8(9)17-5-10(19)18-6-12(13,14)15/h2-4,17H,5-6H2,1H3,(H2,16,20)(H,18,19). The number of nitrogens with one attached hydrogen (secondary N) is 2. The smallest absolute Gasteiger partial charge is 0.405 e. The van der Waals surface area contributed by atoms with E-state index in [0.717, 1.165) is 0 Å². The summed E-state index contributed by atoms with van der Waals surface area (Å²) in [5, 5.41) is 4.29. The minimum absolute atomic E-state index is 0.175. The lowest BCUT2D eigenvalue weighted by atomic mass is 10.1. The van der Waals surface area contributed by atoms with E-state index in [4.69, 9.17) is 10.5 Å². The number of hydrogen-bond donors (Lipinski definition) is 3. The van der Waals surface area contributed by atoms with Crippen LogP contribution < -0.4 is 21.1 Å². The molecule has 1 rings (SSSR count). The van der Waals surface area contributed by atoms with Crippen molar-refractivity contribution >= 4 is 17.5 Å². The second-order valence-corrected chi connectivity index (χ2v) is 4.02. The molecule has 0 aromatic heterocycles. The predicted octanol–water partition coefficient (Wildman–Crippen LogP) is 0.884. The van der Waals surface area contributed by atoms with Gasteiger partial charge in [0.2, 0.25) is 11.8 Å². The van der Waals surface area contributed by atoms with E-state index in [1.54, 1.807) is 5.32 Å². The van der Waals surface area contributed by atoms with Gasteiger partial charge in [-0.25, -0.2) is 0 Å². The number of alkyl halides is 3. The van der Waals surface area contributed by atoms with Gasteiger partial charge >= 0.3 is 6.18 Å². The molecule has 0 heterocycles. The summed E-state index contributed by atoms with van der Waals surface area (Å²) in [5.74, 6) is -1.20. The highest BCUT2D eigenvalue weighted by molar-refractivity contribution is 5.94. The molecule has 0 aliphatic carbocycles. The number of carbonyl (C=O) groups excluding carboxylic acids is 2. The Hall–Kier alpha value is -2.45. The molecule has 0 saturated heterocycles. The lowest BCUT2D eigenvalue weighted by Gasteiger charge is -2.13. The third-order valence-electron chi connectivity index (χ3n) is 2.41. The van der Waals surface area contributed by atoms with Crippen LogP contribution >= 0.6 is 0 Å². The molecule has 0 radical (unpaired) electrons. The van der Waals surface area contributed by atoms with E-state index in [9.17, 15) is 22.8 Å². The molecule has 21 heavy (non-hydrogen) atoms. The summed E-state index contributed by atoms with van der Waals surface area (Å²) in [4.78, 5) is 22.3. The average Bonchev–Trinajstić information content (AvgIpc) is 2.41. The molecule has 0 bridgehead atoms. The van der Waals surface area contributed by atoms with Crippen molar-refractivity contribution in [2.75, 3.05) is 25.5 Å². The van der Waals surface area contributed by atoms with E-state index in [2.05, 4.69) is 5.32 Å². The van der Waals surface area contributed by atoms with Gasteiger partial charge < -0.3 is 21.1 Å². The molecule has 0 aliphatic heterocycles. The maximum absolute atomic E-state index is 11.9. The number of halogens is 3. The summed E-state index contributed by atoms with van der Waals surface area (Å²) < 4.78 is 40.8. The zero-order valence-corrected chi connectivity index (χ0v) is 11.1. The molecular formula is C12H14F3N3O3. The highest BCUT2D eigenvalue weighted by Gasteiger charge is 2.27. The maximum Gasteiger partial charge on any atom is 0.405 e. The van der Waals surface area contributed by atoms with Gasteiger partial charge in [-0.1, -0.05) is 0 Å². The minimum Gasteiger partial charge on any atom is -0.495 e. The van der Waals surface area contributed by atoms with E-state index in [1.807, 2.05) is 0 Å². The number of primary amides is 1. The van der Waals surface area contributed by atoms with Crippen molar-refractivity contribution in [2.45, 2.75) is 6.18 Å². The van der Waals surface area contributed by atoms with Crippen molar-refractivity contribution < 1.29 is 27.5 Å². The summed E-state index contributed by atoms with van der Waals surface area (Å²) in [7, 11) is 1.37. The molecule has 0 atom stereocenters. The zero-order valence-electron chi connectivity index (χ0n) is 11.1. The fourth-order valence-corrected chi connectivity index (χ4v) is 1.44. The quantitative estimate of drug-likeness (QED) is 0.727. The second kappa shape index (κ2) is 6.82. The third-order valence-corrected chi connectivity index (χ3v) is 2.41. The normalized spacial score (nSPS) is 10.9. The molecule has 0 unspecified atom stereocenters. The van der Waals surface area contributed by atoms with Crippen LogP contribution in [0.5, 0.6) is 5.75 Å². The molecule has 0 saturated carbocycles. The van der Waals surface area contributed by atoms with Crippen LogP contribution in [0.1, 0.15) is 10.4 Å². The molecule has 0 aliphatic rings. The molecule has 116 valence electrons. The summed E-state index contributed by atoms with van der Waals surface area (Å²) in [6.45, 7) is -1.82. The molecule has 1 aromatic carbocycles. The van der Waals surface area contributed by atoms with Crippen molar-refractivity contribution in [3.05, 3.63) is 23.8 Å². The predicted molar refractivity (Wildman–Crippen MR) is 69.1 cm³/mol. The number of nitrogens with two attached hydrogens (primary N) is 1. The Balaban J connectivity index is 2.67. The Labute approximate surface area is 118 Å². The van der Waals surface area contributed by atoms with Crippen molar-refractivity contribution in [3.8, 4) is 5.75 Å². The first-order chi connectivity index (χ1) is 9.73. The topological polar surface area (TPSA) is 93.4 Å². The number of benzene rings is 1. The molecule has 1 aromatic rings. The number of amides is 2. The highest BCUT2D eigenvalue weighted by atomic mass is 19.4. The monoisotopic (exact) mass is 305 g/mol. The van der Waals surface area contributed by atoms with Crippen molar-refractivity contribution in [1.29, 1.82) is 0 Å². The van der Waals surface area contributed by atoms with Gasteiger partial charge in [0.25, 0.3) is 0 Å². The summed E-state index contributed by atoms with van der Waals surface area (Å²) >= 11 is 0. The van der Waals surface area contributed by atoms with E-state index in [1.165, 1.54) is 25.3 Å². The molecule has 2 amide bonds. The Morgan fingerprint density at radius 1 is 1.33 bits per heavy atom. The van der Waals surface area contributed by atoms with Crippen LogP contribution in [0.4, 0.5) is 18.9 Å². The van der Waals surface area contributed by atoms with Crippen molar-refractivity contribution in [3.63, 3.8) is 0 Å². The van der Waals surface area contributed by atoms with Gasteiger partial charge in [-0.15, -0.1) is 0 Å². The van der Waals surface area contributed by atoms with Gasteiger partial charge in [-0.3, -0.25) is 9.59 Å². The van der Waals surface area contributed by atoms with Crippen molar-refractivity contribution in [1.82, 2.24) is 5.32 Å². The van der Waals surface area contributed by atoms with Gasteiger partial charge in [0.05, 0.1) is 19.3 Å². The Morgan fingerprint density at radius 2 is 2.00 bits per heavy atom. The van der Waals surface area contributed by atoms with Crippen LogP contribution in [0.2, 0.25) is 0 Å². The lowest BCUT2D eigenvalue weighted by Crippen LogP contribution is -2.37. The minimum atomic E-state index is -4.47. The van der Waals surface area contributed by atoms with Crippen LogP contribution in [0.3, 0.4) is 0 Å². The first kappa shape index (κ1) is 16.6. The van der Waals surface area contributed by atoms with Gasteiger partial charge in [-0.05, 0) is 18.2 Å². The first-order valence-corrected chi connectivity index (χ1v) is 5.78. The van der Waals surface area contributed by atoms with Crippen LogP contribution in [0.15, 0.2) is 18.2 Å². The number of hydrogen-bond acceptors (Lipinski definition) is 4. The summed E-state index contributed by atoms with van der Waals surface area (Å²) in [6.07, 6.45) is -4.47. The zero-order chi connectivity index (χ0) is 16.0. The summed E-state index contributed by atoms with van der Waals surface area (Å²) in [5.41, 5.74) is 5.56. The van der Waals surface area contributed by atoms with Crippen LogP contribution in [-0.4, -0.2) is 38.2 Å². The van der Waals surface area contributed by atoms with Gasteiger partial charge in [0.15, 0.2) is 0 Å². The first-order valence-electron chi connectivity index (χ1n) is 5.78. The van der Waals surface area contributed by atoms with Crippen LogP contribution in [0.25, 0.3) is 0 Å². The fourth-order valence-electron chi connectivity index (χ4n) is 1.44. The third kappa shape index (κ3) is 5.59. The van der Waals surface area contributed by atoms with E-state index >= 15 is 0 Å². The summed E-state index contributed by atoms with van der Waals surface area (Å²) in [6, 6.07) is 4.23. The average molecular weight is 305 g/mol. The molecule has 6 nitrogen and oxygen atoms in total. The number of ether oxygens (including phenoxy) is 1. The Morgan fingerprint density at radius 3 is 2.52 bits per heavy atom. The van der Waals surface area contributed by atoms with Crippen LogP contribution in [-0.2, 0) is 4.79 Å². The van der Waals surface area contributed by atoms with Gasteiger partial charge in [0, 0.05) is 5.56 Å². The molecular weight excluding hydrogens is 291 g/mol. The maximum atomic E-state index is 11.9. The number of methoxy groups -OCH3 is 1.